The number of hydrogen-bond acceptors (Lipinski definition) is 5. The van der Waals surface area contributed by atoms with Crippen LogP contribution in [0.3, 0.4) is 0 Å². The van der Waals surface area contributed by atoms with Crippen LogP contribution >= 0.6 is 0 Å². The van der Waals surface area contributed by atoms with Crippen molar-refractivity contribution in [3.63, 3.8) is 0 Å². The Kier molecular flexibility index (Phi) is 4.62. The lowest BCUT2D eigenvalue weighted by Crippen LogP contribution is -2.59. The van der Waals surface area contributed by atoms with E-state index in [0.717, 1.165) is 0 Å². The van der Waals surface area contributed by atoms with Crippen LogP contribution in [0, 0.1) is 0 Å². The van der Waals surface area contributed by atoms with Crippen LogP contribution < -0.4 is 5.11 Å². The first kappa shape index (κ1) is 15.6. The Labute approximate surface area is 108 Å². The number of carbonyl (C=O) groups excluding carboxylic acids is 2. The minimum absolute atomic E-state index is 0.0121. The second-order valence-corrected chi connectivity index (χ2v) is 4.45. The second-order valence-electron chi connectivity index (χ2n) is 4.45. The van der Waals surface area contributed by atoms with Gasteiger partial charge in [-0.3, -0.25) is 0 Å². The van der Waals surface area contributed by atoms with Gasteiger partial charge in [0, 0.05) is 6.08 Å². The third kappa shape index (κ3) is 3.28. The summed E-state index contributed by atoms with van der Waals surface area (Å²) in [5.74, 6) is -7.47. The van der Waals surface area contributed by atoms with Crippen molar-refractivity contribution in [2.24, 2.45) is 0 Å². The molecule has 0 atom stereocenters. The van der Waals surface area contributed by atoms with Gasteiger partial charge in [0.15, 0.2) is 0 Å². The molecule has 1 N–H and O–H groups in total. The molecule has 19 heavy (non-hydrogen) atoms. The molecular formula is C12H15F2O5-. The van der Waals surface area contributed by atoms with Gasteiger partial charge in [0.2, 0.25) is 0 Å². The first-order valence-corrected chi connectivity index (χ1v) is 5.91. The lowest BCUT2D eigenvalue weighted by atomic mass is 9.78. The van der Waals surface area contributed by atoms with Crippen molar-refractivity contribution in [2.75, 3.05) is 6.61 Å². The highest BCUT2D eigenvalue weighted by Crippen LogP contribution is 2.41. The predicted molar refractivity (Wildman–Crippen MR) is 58.1 cm³/mol. The summed E-state index contributed by atoms with van der Waals surface area (Å²) in [6.07, 6.45) is 0.328. The molecule has 0 heterocycles. The number of allylic oxidation sites excluding steroid dienone is 1. The number of hydrogen-bond donors (Lipinski definition) is 1. The third-order valence-electron chi connectivity index (χ3n) is 3.17. The van der Waals surface area contributed by atoms with E-state index in [4.69, 9.17) is 0 Å². The Hall–Kier alpha value is -1.50. The Morgan fingerprint density at radius 3 is 2.42 bits per heavy atom. The van der Waals surface area contributed by atoms with Crippen molar-refractivity contribution in [3.8, 4) is 0 Å². The smallest absolute Gasteiger partial charge is 0.330 e. The number of alkyl halides is 2. The number of aliphatic carboxylic acids is 1. The van der Waals surface area contributed by atoms with Gasteiger partial charge in [-0.05, 0) is 32.6 Å². The number of carboxylic acid groups (broad SMARTS) is 1. The van der Waals surface area contributed by atoms with Crippen LogP contribution in [0.5, 0.6) is 0 Å². The summed E-state index contributed by atoms with van der Waals surface area (Å²) < 4.78 is 31.3. The number of esters is 1. The maximum absolute atomic E-state index is 13.3. The monoisotopic (exact) mass is 277 g/mol. The summed E-state index contributed by atoms with van der Waals surface area (Å²) in [6, 6.07) is 0. The Bertz CT molecular complexity index is 393. The molecule has 0 unspecified atom stereocenters. The fraction of sp³-hybridized carbons (Fsp3) is 0.667. The van der Waals surface area contributed by atoms with E-state index in [2.05, 4.69) is 4.74 Å². The van der Waals surface area contributed by atoms with E-state index in [1.54, 1.807) is 6.92 Å². The molecule has 1 rings (SSSR count). The predicted octanol–water partition coefficient (Wildman–Crippen LogP) is 0.166. The van der Waals surface area contributed by atoms with E-state index < -0.39 is 36.3 Å². The van der Waals surface area contributed by atoms with E-state index in [-0.39, 0.29) is 19.4 Å². The van der Waals surface area contributed by atoms with Gasteiger partial charge in [-0.2, -0.15) is 8.78 Å². The lowest BCUT2D eigenvalue weighted by molar-refractivity contribution is -0.345. The molecule has 1 aliphatic rings. The van der Waals surface area contributed by atoms with Gasteiger partial charge in [0.1, 0.15) is 11.6 Å². The quantitative estimate of drug-likeness (QED) is 0.584. The summed E-state index contributed by atoms with van der Waals surface area (Å²) in [6.45, 7) is 1.84. The molecule has 0 aromatic heterocycles. The van der Waals surface area contributed by atoms with E-state index in [1.165, 1.54) is 6.08 Å². The molecule has 7 heteroatoms. The largest absolute Gasteiger partial charge is 0.544 e. The molecule has 0 bridgehead atoms. The van der Waals surface area contributed by atoms with Crippen molar-refractivity contribution in [1.82, 2.24) is 0 Å². The number of rotatable bonds is 4. The maximum atomic E-state index is 13.3. The average Bonchev–Trinajstić information content (AvgIpc) is 2.32. The average molecular weight is 277 g/mol. The third-order valence-corrected chi connectivity index (χ3v) is 3.17. The fourth-order valence-electron chi connectivity index (χ4n) is 1.98. The van der Waals surface area contributed by atoms with Crippen LogP contribution in [0.4, 0.5) is 8.78 Å². The van der Waals surface area contributed by atoms with Crippen LogP contribution in [0.2, 0.25) is 0 Å². The van der Waals surface area contributed by atoms with Crippen LogP contribution in [0.1, 0.15) is 32.6 Å². The Balaban J connectivity index is 2.72. The van der Waals surface area contributed by atoms with Crippen LogP contribution in [0.25, 0.3) is 0 Å². The molecule has 1 saturated carbocycles. The minimum Gasteiger partial charge on any atom is -0.544 e. The van der Waals surface area contributed by atoms with Crippen LogP contribution in [-0.4, -0.2) is 35.2 Å². The molecule has 0 aliphatic heterocycles. The first-order chi connectivity index (χ1) is 8.73. The molecule has 0 aromatic rings. The normalized spacial score (nSPS) is 23.9. The maximum Gasteiger partial charge on any atom is 0.330 e. The highest BCUT2D eigenvalue weighted by atomic mass is 19.3. The summed E-state index contributed by atoms with van der Waals surface area (Å²) in [7, 11) is 0. The number of ether oxygens (including phenoxy) is 1. The molecule has 5 nitrogen and oxygen atoms in total. The number of aliphatic hydroxyl groups is 1. The zero-order valence-electron chi connectivity index (χ0n) is 10.4. The molecule has 0 amide bonds. The first-order valence-electron chi connectivity index (χ1n) is 5.91. The molecule has 0 radical (unpaired) electrons. The number of halogens is 2. The molecule has 0 spiro atoms. The van der Waals surface area contributed by atoms with E-state index >= 15 is 0 Å². The van der Waals surface area contributed by atoms with E-state index in [1.807, 2.05) is 0 Å². The topological polar surface area (TPSA) is 86.7 Å². The van der Waals surface area contributed by atoms with Crippen molar-refractivity contribution < 1.29 is 33.3 Å². The highest BCUT2D eigenvalue weighted by molar-refractivity contribution is 5.82. The van der Waals surface area contributed by atoms with E-state index in [0.29, 0.717) is 5.57 Å². The van der Waals surface area contributed by atoms with Gasteiger partial charge < -0.3 is 19.7 Å². The minimum atomic E-state index is -4.30. The van der Waals surface area contributed by atoms with Crippen molar-refractivity contribution in [2.45, 2.75) is 44.1 Å². The molecule has 108 valence electrons. The van der Waals surface area contributed by atoms with Gasteiger partial charge >= 0.3 is 11.9 Å². The molecular weight excluding hydrogens is 262 g/mol. The van der Waals surface area contributed by atoms with Crippen LogP contribution in [-0.2, 0) is 14.3 Å². The highest BCUT2D eigenvalue weighted by Gasteiger charge is 2.54. The molecule has 0 saturated heterocycles. The molecule has 1 fully saturated rings. The van der Waals surface area contributed by atoms with Gasteiger partial charge in [-0.15, -0.1) is 0 Å². The summed E-state index contributed by atoms with van der Waals surface area (Å²) >= 11 is 0. The van der Waals surface area contributed by atoms with Crippen molar-refractivity contribution in [3.05, 3.63) is 11.6 Å². The number of carboxylic acids is 1. The standard InChI is InChI=1S/C12H16F2O5/c1-2-19-9(15)7-8-3-5-11(18,6-4-8)12(13,14)10(16)17/h7,18H,2-6H2,1H3,(H,16,17)/p-1. The lowest BCUT2D eigenvalue weighted by Gasteiger charge is -2.39. The van der Waals surface area contributed by atoms with Gasteiger partial charge in [-0.25, -0.2) is 4.79 Å². The van der Waals surface area contributed by atoms with E-state index in [9.17, 15) is 28.6 Å². The van der Waals surface area contributed by atoms with Crippen molar-refractivity contribution in [1.29, 1.82) is 0 Å². The summed E-state index contributed by atoms with van der Waals surface area (Å²) in [5.41, 5.74) is -2.07. The van der Waals surface area contributed by atoms with Gasteiger partial charge in [0.25, 0.3) is 0 Å². The van der Waals surface area contributed by atoms with Gasteiger partial charge in [-0.1, -0.05) is 5.57 Å². The van der Waals surface area contributed by atoms with Crippen molar-refractivity contribution >= 4 is 11.9 Å². The van der Waals surface area contributed by atoms with Gasteiger partial charge in [0.05, 0.1) is 6.61 Å². The van der Waals surface area contributed by atoms with Crippen LogP contribution in [0.15, 0.2) is 11.6 Å². The second kappa shape index (κ2) is 5.64. The summed E-state index contributed by atoms with van der Waals surface area (Å²) in [5, 5.41) is 20.1. The zero-order valence-corrected chi connectivity index (χ0v) is 10.4. The Morgan fingerprint density at radius 2 is 2.00 bits per heavy atom. The molecule has 1 aliphatic carbocycles. The fourth-order valence-corrected chi connectivity index (χ4v) is 1.98. The number of carbonyl (C=O) groups is 2. The summed E-state index contributed by atoms with van der Waals surface area (Å²) in [4.78, 5) is 21.5. The Morgan fingerprint density at radius 1 is 1.47 bits per heavy atom. The SMILES string of the molecule is CCOC(=O)C=C1CCC(O)(C(F)(F)C(=O)[O-])CC1. The molecule has 0 aromatic carbocycles. The zero-order chi connectivity index (χ0) is 14.7.